The van der Waals surface area contributed by atoms with Crippen LogP contribution >= 0.6 is 31.9 Å². The van der Waals surface area contributed by atoms with Crippen LogP contribution in [0, 0.1) is 0 Å². The van der Waals surface area contributed by atoms with E-state index in [0.717, 1.165) is 0 Å². The molecule has 84 valence electrons. The third kappa shape index (κ3) is 4.18. The molecule has 17 heavy (non-hydrogen) atoms. The fourth-order valence-electron chi connectivity index (χ4n) is 1.87. The van der Waals surface area contributed by atoms with Crippen LogP contribution in [-0.2, 0) is 32.4 Å². The van der Waals surface area contributed by atoms with Crippen molar-refractivity contribution in [3.63, 3.8) is 0 Å². The number of halogens is 2. The van der Waals surface area contributed by atoms with Gasteiger partial charge >= 0.3 is 133 Å². The van der Waals surface area contributed by atoms with Gasteiger partial charge in [0.1, 0.15) is 0 Å². The fourth-order valence-corrected chi connectivity index (χ4v) is 12.7. The molecule has 2 rings (SSSR count). The summed E-state index contributed by atoms with van der Waals surface area (Å²) in [5.74, 6) is 0. The zero-order valence-electron chi connectivity index (χ0n) is 9.50. The normalized spacial score (nSPS) is 10.0. The molecule has 0 N–H and O–H groups in total. The van der Waals surface area contributed by atoms with Crippen LogP contribution in [0.25, 0.3) is 0 Å². The molecule has 0 saturated heterocycles. The molecule has 0 aliphatic carbocycles. The van der Waals surface area contributed by atoms with Gasteiger partial charge in [0.05, 0.1) is 0 Å². The predicted octanol–water partition coefficient (Wildman–Crippen LogP) is 4.99. The third-order valence-electron chi connectivity index (χ3n) is 2.81. The molecule has 0 radical (unpaired) electrons. The van der Waals surface area contributed by atoms with E-state index in [1.807, 2.05) is 0 Å². The van der Waals surface area contributed by atoms with Gasteiger partial charge in [0.25, 0.3) is 0 Å². The van der Waals surface area contributed by atoms with Crippen molar-refractivity contribution in [3.05, 3.63) is 68.6 Å². The molecule has 2 aromatic carbocycles. The summed E-state index contributed by atoms with van der Waals surface area (Å²) >= 11 is 6.40. The second-order valence-electron chi connectivity index (χ2n) is 4.04. The molecular formula is C14H12Br2Hg. The molecule has 0 nitrogen and oxygen atoms in total. The van der Waals surface area contributed by atoms with Crippen molar-refractivity contribution in [2.75, 3.05) is 0 Å². The maximum absolute atomic E-state index is 3.62. The molecule has 0 aliphatic heterocycles. The first kappa shape index (κ1) is 13.8. The summed E-state index contributed by atoms with van der Waals surface area (Å²) in [7, 11) is 0. The van der Waals surface area contributed by atoms with Crippen LogP contribution in [0.5, 0.6) is 0 Å². The number of rotatable bonds is 4. The van der Waals surface area contributed by atoms with Crippen LogP contribution in [0.15, 0.2) is 57.5 Å². The SMILES string of the molecule is Brc1ccccc1[CH2][Hg][CH2]c1ccccc1Br. The molecule has 0 aliphatic rings. The van der Waals surface area contributed by atoms with Crippen LogP contribution < -0.4 is 0 Å². The van der Waals surface area contributed by atoms with Gasteiger partial charge in [-0.05, 0) is 0 Å². The molecule has 0 heterocycles. The Morgan fingerprint density at radius 2 is 1.12 bits per heavy atom. The van der Waals surface area contributed by atoms with Crippen molar-refractivity contribution in [2.45, 2.75) is 7.86 Å². The van der Waals surface area contributed by atoms with Crippen molar-refractivity contribution in [3.8, 4) is 0 Å². The van der Waals surface area contributed by atoms with Crippen LogP contribution in [0.2, 0.25) is 0 Å². The van der Waals surface area contributed by atoms with E-state index < -0.39 is 24.6 Å². The first-order chi connectivity index (χ1) is 8.27. The van der Waals surface area contributed by atoms with E-state index in [0.29, 0.717) is 0 Å². The first-order valence-electron chi connectivity index (χ1n) is 5.74. The van der Waals surface area contributed by atoms with Crippen molar-refractivity contribution >= 4 is 31.9 Å². The van der Waals surface area contributed by atoms with Gasteiger partial charge in [0, 0.05) is 0 Å². The molecule has 2 aromatic rings. The van der Waals surface area contributed by atoms with Gasteiger partial charge in [-0.1, -0.05) is 0 Å². The van der Waals surface area contributed by atoms with E-state index in [4.69, 9.17) is 0 Å². The van der Waals surface area contributed by atoms with Crippen molar-refractivity contribution < 1.29 is 24.6 Å². The van der Waals surface area contributed by atoms with E-state index in [1.54, 1.807) is 0 Å². The van der Waals surface area contributed by atoms with Crippen LogP contribution in [0.3, 0.4) is 0 Å². The summed E-state index contributed by atoms with van der Waals surface area (Å²) in [4.78, 5) is 0. The molecule has 0 spiro atoms. The molecule has 0 unspecified atom stereocenters. The van der Waals surface area contributed by atoms with E-state index in [1.165, 1.54) is 27.9 Å². The zero-order valence-corrected chi connectivity index (χ0v) is 18.2. The summed E-state index contributed by atoms with van der Waals surface area (Å²) < 4.78 is 5.21. The molecular weight excluding hydrogens is 529 g/mol. The number of hydrogen-bond donors (Lipinski definition) is 0. The number of hydrogen-bond acceptors (Lipinski definition) is 0. The first-order valence-corrected chi connectivity index (χ1v) is 15.1. The molecule has 0 bridgehead atoms. The van der Waals surface area contributed by atoms with Crippen molar-refractivity contribution in [1.29, 1.82) is 0 Å². The molecule has 0 fully saturated rings. The second kappa shape index (κ2) is 7.05. The summed E-state index contributed by atoms with van der Waals surface area (Å²) in [5.41, 5.74) is 2.97. The Labute approximate surface area is 132 Å². The van der Waals surface area contributed by atoms with E-state index in [-0.39, 0.29) is 0 Å². The Kier molecular flexibility index (Phi) is 5.71. The van der Waals surface area contributed by atoms with Crippen LogP contribution in [0.4, 0.5) is 0 Å². The zero-order chi connectivity index (χ0) is 12.1. The van der Waals surface area contributed by atoms with Gasteiger partial charge < -0.3 is 0 Å². The Balaban J connectivity index is 1.93. The Morgan fingerprint density at radius 3 is 1.53 bits per heavy atom. The maximum atomic E-state index is 3.62. The molecule has 0 saturated carbocycles. The van der Waals surface area contributed by atoms with E-state index in [9.17, 15) is 0 Å². The fraction of sp³-hybridized carbons (Fsp3) is 0.143. The average Bonchev–Trinajstić information content (AvgIpc) is 2.34. The summed E-state index contributed by atoms with van der Waals surface area (Å²) in [6.07, 6.45) is 0. The number of benzene rings is 2. The van der Waals surface area contributed by atoms with Gasteiger partial charge in [0.15, 0.2) is 0 Å². The minimum absolute atomic E-state index is 0.844. The van der Waals surface area contributed by atoms with Crippen LogP contribution in [-0.4, -0.2) is 0 Å². The predicted molar refractivity (Wildman–Crippen MR) is 75.7 cm³/mol. The summed E-state index contributed by atoms with van der Waals surface area (Å²) in [6.45, 7) is 0. The van der Waals surface area contributed by atoms with Gasteiger partial charge in [-0.25, -0.2) is 0 Å². The summed E-state index contributed by atoms with van der Waals surface area (Å²) in [5, 5.41) is 0. The van der Waals surface area contributed by atoms with Crippen LogP contribution in [0.1, 0.15) is 11.1 Å². The minimum atomic E-state index is -0.844. The molecule has 0 aromatic heterocycles. The summed E-state index contributed by atoms with van der Waals surface area (Å²) in [6, 6.07) is 17.2. The molecule has 0 atom stereocenters. The topological polar surface area (TPSA) is 0 Å². The van der Waals surface area contributed by atoms with Gasteiger partial charge in [0.2, 0.25) is 0 Å². The average molecular weight is 541 g/mol. The van der Waals surface area contributed by atoms with E-state index in [2.05, 4.69) is 80.4 Å². The molecule has 3 heteroatoms. The van der Waals surface area contributed by atoms with Crippen molar-refractivity contribution in [1.82, 2.24) is 0 Å². The van der Waals surface area contributed by atoms with Crippen molar-refractivity contribution in [2.24, 2.45) is 0 Å². The Bertz CT molecular complexity index is 452. The standard InChI is InChI=1S/2C7H6Br.Hg/c2*1-6-4-2-3-5-7(6)8;/h2*2-5H,1H2;. The quantitative estimate of drug-likeness (QED) is 0.480. The van der Waals surface area contributed by atoms with Gasteiger partial charge in [-0.3, -0.25) is 0 Å². The van der Waals surface area contributed by atoms with Gasteiger partial charge in [-0.2, -0.15) is 0 Å². The second-order valence-corrected chi connectivity index (χ2v) is 12.4. The monoisotopic (exact) mass is 540 g/mol. The van der Waals surface area contributed by atoms with E-state index >= 15 is 0 Å². The Hall–Kier alpha value is 0.335. The third-order valence-corrected chi connectivity index (χ3v) is 11.3. The van der Waals surface area contributed by atoms with Gasteiger partial charge in [-0.15, -0.1) is 0 Å². The molecule has 0 amide bonds. The Morgan fingerprint density at radius 1 is 0.706 bits per heavy atom.